The number of nitrogens with one attached hydrogen (secondary N) is 1. The number of amides is 1. The fourth-order valence-corrected chi connectivity index (χ4v) is 2.71. The third-order valence-corrected chi connectivity index (χ3v) is 3.75. The third-order valence-electron chi connectivity index (χ3n) is 2.99. The molecule has 0 aliphatic rings. The van der Waals surface area contributed by atoms with Crippen molar-refractivity contribution in [2.75, 3.05) is 11.1 Å². The molecule has 1 aromatic carbocycles. The van der Waals surface area contributed by atoms with Crippen molar-refractivity contribution < 1.29 is 4.79 Å². The smallest absolute Gasteiger partial charge is 0.257 e. The first-order chi connectivity index (χ1) is 9.27. The molecule has 0 unspecified atom stereocenters. The van der Waals surface area contributed by atoms with Crippen molar-refractivity contribution in [1.29, 1.82) is 0 Å². The van der Waals surface area contributed by atoms with Crippen LogP contribution in [0.4, 0.5) is 10.8 Å². The Bertz CT molecular complexity index is 641. The van der Waals surface area contributed by atoms with Gasteiger partial charge in [-0.25, -0.2) is 4.98 Å². The Morgan fingerprint density at radius 1 is 1.35 bits per heavy atom. The Hall–Kier alpha value is -1.88. The predicted octanol–water partition coefficient (Wildman–Crippen LogP) is 3.58. The Balaban J connectivity index is 2.17. The van der Waals surface area contributed by atoms with E-state index in [4.69, 9.17) is 5.73 Å². The highest BCUT2D eigenvalue weighted by atomic mass is 32.1. The Morgan fingerprint density at radius 3 is 2.60 bits per heavy atom. The summed E-state index contributed by atoms with van der Waals surface area (Å²) in [4.78, 5) is 16.7. The summed E-state index contributed by atoms with van der Waals surface area (Å²) in [6.07, 6.45) is 0. The van der Waals surface area contributed by atoms with Crippen molar-refractivity contribution in [1.82, 2.24) is 4.98 Å². The molecule has 5 heteroatoms. The summed E-state index contributed by atoms with van der Waals surface area (Å²) in [5.74, 6) is -0.155. The fraction of sp³-hybridized carbons (Fsp3) is 0.333. The molecule has 0 spiro atoms. The largest absolute Gasteiger partial charge is 0.399 e. The van der Waals surface area contributed by atoms with Crippen LogP contribution in [0.3, 0.4) is 0 Å². The molecule has 2 aromatic rings. The zero-order valence-corrected chi connectivity index (χ0v) is 13.0. The van der Waals surface area contributed by atoms with E-state index in [1.54, 1.807) is 18.2 Å². The van der Waals surface area contributed by atoms with Gasteiger partial charge in [-0.1, -0.05) is 20.8 Å². The molecule has 106 valence electrons. The molecule has 1 amide bonds. The summed E-state index contributed by atoms with van der Waals surface area (Å²) >= 11 is 1.44. The van der Waals surface area contributed by atoms with E-state index in [0.29, 0.717) is 16.4 Å². The number of carbonyl (C=O) groups is 1. The number of carbonyl (C=O) groups excluding carboxylic acids is 1. The molecule has 4 nitrogen and oxygen atoms in total. The third kappa shape index (κ3) is 3.17. The van der Waals surface area contributed by atoms with E-state index in [9.17, 15) is 4.79 Å². The van der Waals surface area contributed by atoms with Crippen LogP contribution in [0.1, 0.15) is 42.4 Å². The number of nitrogens with zero attached hydrogens (tertiary/aromatic N) is 1. The van der Waals surface area contributed by atoms with Crippen molar-refractivity contribution in [2.24, 2.45) is 0 Å². The first-order valence-corrected chi connectivity index (χ1v) is 7.29. The Kier molecular flexibility index (Phi) is 3.81. The summed E-state index contributed by atoms with van der Waals surface area (Å²) in [5.41, 5.74) is 8.78. The second-order valence-electron chi connectivity index (χ2n) is 5.82. The molecule has 0 radical (unpaired) electrons. The van der Waals surface area contributed by atoms with Gasteiger partial charge >= 0.3 is 0 Å². The Morgan fingerprint density at radius 2 is 2.05 bits per heavy atom. The summed E-state index contributed by atoms with van der Waals surface area (Å²) in [5, 5.41) is 5.44. The fourth-order valence-electron chi connectivity index (χ4n) is 1.78. The SMILES string of the molecule is Cc1cc(N)ccc1C(=O)Nc1nc(C(C)(C)C)cs1. The summed E-state index contributed by atoms with van der Waals surface area (Å²) in [6, 6.07) is 5.25. The zero-order valence-electron chi connectivity index (χ0n) is 12.2. The maximum atomic E-state index is 12.2. The van der Waals surface area contributed by atoms with Gasteiger partial charge in [-0.15, -0.1) is 11.3 Å². The maximum absolute atomic E-state index is 12.2. The first kappa shape index (κ1) is 14.5. The van der Waals surface area contributed by atoms with Gasteiger partial charge in [0.05, 0.1) is 5.69 Å². The van der Waals surface area contributed by atoms with Crippen LogP contribution in [-0.2, 0) is 5.41 Å². The number of aryl methyl sites for hydroxylation is 1. The van der Waals surface area contributed by atoms with Crippen molar-refractivity contribution >= 4 is 28.1 Å². The van der Waals surface area contributed by atoms with Gasteiger partial charge in [-0.2, -0.15) is 0 Å². The number of hydrogen-bond donors (Lipinski definition) is 2. The molecule has 0 saturated heterocycles. The van der Waals surface area contributed by atoms with Gasteiger partial charge in [0.1, 0.15) is 0 Å². The number of thiazole rings is 1. The number of aromatic nitrogens is 1. The topological polar surface area (TPSA) is 68.0 Å². The van der Waals surface area contributed by atoms with Crippen molar-refractivity contribution in [3.8, 4) is 0 Å². The average molecular weight is 289 g/mol. The van der Waals surface area contributed by atoms with E-state index in [1.165, 1.54) is 11.3 Å². The van der Waals surface area contributed by atoms with Gasteiger partial charge in [-0.3, -0.25) is 10.1 Å². The molecule has 0 bridgehead atoms. The summed E-state index contributed by atoms with van der Waals surface area (Å²) < 4.78 is 0. The molecule has 0 atom stereocenters. The van der Waals surface area contributed by atoms with E-state index >= 15 is 0 Å². The predicted molar refractivity (Wildman–Crippen MR) is 84.4 cm³/mol. The van der Waals surface area contributed by atoms with Crippen LogP contribution in [0.5, 0.6) is 0 Å². The molecule has 0 fully saturated rings. The molecular weight excluding hydrogens is 270 g/mol. The monoisotopic (exact) mass is 289 g/mol. The summed E-state index contributed by atoms with van der Waals surface area (Å²) in [7, 11) is 0. The van der Waals surface area contributed by atoms with Crippen molar-refractivity contribution in [3.63, 3.8) is 0 Å². The van der Waals surface area contributed by atoms with Crippen molar-refractivity contribution in [2.45, 2.75) is 33.1 Å². The molecule has 2 rings (SSSR count). The van der Waals surface area contributed by atoms with Crippen LogP contribution >= 0.6 is 11.3 Å². The standard InChI is InChI=1S/C15H19N3OS/c1-9-7-10(16)5-6-11(9)13(19)18-14-17-12(8-20-14)15(2,3)4/h5-8H,16H2,1-4H3,(H,17,18,19). The number of benzene rings is 1. The lowest BCUT2D eigenvalue weighted by atomic mass is 9.93. The lowest BCUT2D eigenvalue weighted by Gasteiger charge is -2.14. The van der Waals surface area contributed by atoms with E-state index in [1.807, 2.05) is 12.3 Å². The van der Waals surface area contributed by atoms with Gasteiger partial charge in [0, 0.05) is 22.0 Å². The molecule has 0 aliphatic heterocycles. The number of rotatable bonds is 2. The van der Waals surface area contributed by atoms with Crippen LogP contribution in [0.25, 0.3) is 0 Å². The number of hydrogen-bond acceptors (Lipinski definition) is 4. The van der Waals surface area contributed by atoms with Gasteiger partial charge in [-0.05, 0) is 30.7 Å². The maximum Gasteiger partial charge on any atom is 0.257 e. The second-order valence-corrected chi connectivity index (χ2v) is 6.67. The minimum absolute atomic E-state index is 0.0173. The zero-order chi connectivity index (χ0) is 14.9. The summed E-state index contributed by atoms with van der Waals surface area (Å²) in [6.45, 7) is 8.15. The van der Waals surface area contributed by atoms with Crippen LogP contribution < -0.4 is 11.1 Å². The lowest BCUT2D eigenvalue weighted by Crippen LogP contribution is -2.15. The van der Waals surface area contributed by atoms with Crippen LogP contribution in [0.2, 0.25) is 0 Å². The quantitative estimate of drug-likeness (QED) is 0.830. The van der Waals surface area contributed by atoms with E-state index in [2.05, 4.69) is 31.1 Å². The van der Waals surface area contributed by atoms with Gasteiger partial charge in [0.2, 0.25) is 0 Å². The molecular formula is C15H19N3OS. The van der Waals surface area contributed by atoms with E-state index in [0.717, 1.165) is 11.3 Å². The molecule has 1 aromatic heterocycles. The molecule has 0 aliphatic carbocycles. The number of anilines is 2. The molecule has 1 heterocycles. The first-order valence-electron chi connectivity index (χ1n) is 6.41. The van der Waals surface area contributed by atoms with Crippen LogP contribution in [0.15, 0.2) is 23.6 Å². The lowest BCUT2D eigenvalue weighted by molar-refractivity contribution is 0.102. The highest BCUT2D eigenvalue weighted by molar-refractivity contribution is 7.14. The molecule has 3 N–H and O–H groups in total. The van der Waals surface area contributed by atoms with Gasteiger partial charge < -0.3 is 5.73 Å². The van der Waals surface area contributed by atoms with Crippen LogP contribution in [-0.4, -0.2) is 10.9 Å². The second kappa shape index (κ2) is 5.25. The van der Waals surface area contributed by atoms with Gasteiger partial charge in [0.15, 0.2) is 5.13 Å². The van der Waals surface area contributed by atoms with E-state index < -0.39 is 0 Å². The Labute approximate surface area is 123 Å². The number of nitrogens with two attached hydrogens (primary N) is 1. The van der Waals surface area contributed by atoms with Crippen LogP contribution in [0, 0.1) is 6.92 Å². The van der Waals surface area contributed by atoms with E-state index in [-0.39, 0.29) is 11.3 Å². The average Bonchev–Trinajstić information content (AvgIpc) is 2.76. The molecule has 20 heavy (non-hydrogen) atoms. The minimum atomic E-state index is -0.155. The van der Waals surface area contributed by atoms with Crippen molar-refractivity contribution in [3.05, 3.63) is 40.4 Å². The molecule has 0 saturated carbocycles. The normalized spacial score (nSPS) is 11.4. The van der Waals surface area contributed by atoms with Gasteiger partial charge in [0.25, 0.3) is 5.91 Å². The highest BCUT2D eigenvalue weighted by Gasteiger charge is 2.18. The number of nitrogen functional groups attached to an aromatic ring is 1. The minimum Gasteiger partial charge on any atom is -0.399 e. The highest BCUT2D eigenvalue weighted by Crippen LogP contribution is 2.26.